The average molecular weight is 344 g/mol. The van der Waals surface area contributed by atoms with Crippen LogP contribution in [0.15, 0.2) is 30.3 Å². The van der Waals surface area contributed by atoms with Crippen molar-refractivity contribution in [3.05, 3.63) is 35.4 Å². The smallest absolute Gasteiger partial charge is 0.294 e. The number of H-pyrrole nitrogens is 1. The van der Waals surface area contributed by atoms with Crippen molar-refractivity contribution < 1.29 is 17.1 Å². The van der Waals surface area contributed by atoms with Gasteiger partial charge >= 0.3 is 10.2 Å². The molecule has 0 spiro atoms. The molecule has 1 aromatic carbocycles. The minimum absolute atomic E-state index is 0.239. The highest BCUT2D eigenvalue weighted by molar-refractivity contribution is 7.87. The Balaban J connectivity index is 1.87. The van der Waals surface area contributed by atoms with Gasteiger partial charge in [-0.15, -0.1) is 3.89 Å². The molecule has 1 aliphatic heterocycles. The molecular weight excluding hydrogens is 333 g/mol. The van der Waals surface area contributed by atoms with Gasteiger partial charge in [0, 0.05) is 29.6 Å². The summed E-state index contributed by atoms with van der Waals surface area (Å²) in [5.74, 6) is -0.221. The fraction of sp³-hybridized carbons (Fsp3) is 0.231. The summed E-state index contributed by atoms with van der Waals surface area (Å²) in [5, 5.41) is 5.95. The maximum absolute atomic E-state index is 13.0. The maximum atomic E-state index is 13.0. The summed E-state index contributed by atoms with van der Waals surface area (Å²) >= 11 is 5.91. The summed E-state index contributed by atoms with van der Waals surface area (Å²) in [6.07, 6.45) is -0.377. The number of aromatic nitrogens is 2. The van der Waals surface area contributed by atoms with Crippen LogP contribution in [0.2, 0.25) is 5.02 Å². The molecule has 0 radical (unpaired) electrons. The van der Waals surface area contributed by atoms with Crippen LogP contribution in [0.5, 0.6) is 0 Å². The van der Waals surface area contributed by atoms with Gasteiger partial charge in [-0.05, 0) is 12.1 Å². The Hall–Kier alpha value is -1.93. The highest BCUT2D eigenvalue weighted by Gasteiger charge is 2.39. The highest BCUT2D eigenvalue weighted by atomic mass is 35.5. The number of amides is 1. The molecule has 0 aliphatic carbocycles. The molecule has 22 heavy (non-hydrogen) atoms. The van der Waals surface area contributed by atoms with Crippen molar-refractivity contribution >= 4 is 33.5 Å². The fourth-order valence-corrected chi connectivity index (χ4v) is 3.20. The zero-order valence-electron chi connectivity index (χ0n) is 11.2. The van der Waals surface area contributed by atoms with Gasteiger partial charge in [-0.25, -0.2) is 0 Å². The van der Waals surface area contributed by atoms with E-state index in [-0.39, 0.29) is 18.8 Å². The van der Waals surface area contributed by atoms with Crippen LogP contribution < -0.4 is 4.90 Å². The van der Waals surface area contributed by atoms with Crippen LogP contribution in [0.4, 0.5) is 9.70 Å². The van der Waals surface area contributed by atoms with Crippen LogP contribution in [0.25, 0.3) is 11.3 Å². The monoisotopic (exact) mass is 343 g/mol. The van der Waals surface area contributed by atoms with Crippen molar-refractivity contribution in [2.45, 2.75) is 11.7 Å². The number of halogens is 2. The molecule has 1 fully saturated rings. The van der Waals surface area contributed by atoms with E-state index in [2.05, 4.69) is 10.2 Å². The number of nitrogens with zero attached hydrogens (tertiary/aromatic N) is 2. The summed E-state index contributed by atoms with van der Waals surface area (Å²) in [5.41, 5.74) is 1.39. The first-order chi connectivity index (χ1) is 10.3. The van der Waals surface area contributed by atoms with Crippen molar-refractivity contribution in [1.29, 1.82) is 0 Å². The minimum Gasteiger partial charge on any atom is -0.294 e. The van der Waals surface area contributed by atoms with Crippen LogP contribution in [0.3, 0.4) is 0 Å². The molecule has 6 nitrogen and oxygen atoms in total. The van der Waals surface area contributed by atoms with Crippen LogP contribution >= 0.6 is 11.6 Å². The predicted octanol–water partition coefficient (Wildman–Crippen LogP) is 2.13. The molecule has 116 valence electrons. The zero-order valence-corrected chi connectivity index (χ0v) is 12.7. The van der Waals surface area contributed by atoms with E-state index in [9.17, 15) is 17.1 Å². The number of aromatic amines is 1. The lowest BCUT2D eigenvalue weighted by molar-refractivity contribution is -0.117. The molecule has 1 N–H and O–H groups in total. The van der Waals surface area contributed by atoms with Crippen molar-refractivity contribution in [3.8, 4) is 11.3 Å². The molecule has 2 aromatic rings. The predicted molar refractivity (Wildman–Crippen MR) is 79.8 cm³/mol. The summed E-state index contributed by atoms with van der Waals surface area (Å²) in [6.45, 7) is -0.239. The topological polar surface area (TPSA) is 83.1 Å². The third kappa shape index (κ3) is 2.84. The van der Waals surface area contributed by atoms with Crippen LogP contribution in [-0.2, 0) is 15.0 Å². The first kappa shape index (κ1) is 15.0. The summed E-state index contributed by atoms with van der Waals surface area (Å²) in [4.78, 5) is 13.0. The SMILES string of the molecule is O=C1CC(S(=O)(=O)F)CN1c1cc(-c2cccc(Cl)c2)[nH]n1. The lowest BCUT2D eigenvalue weighted by Gasteiger charge is -2.11. The van der Waals surface area contributed by atoms with Gasteiger partial charge in [0.2, 0.25) is 5.91 Å². The molecule has 1 aliphatic rings. The Morgan fingerprint density at radius 3 is 2.77 bits per heavy atom. The molecule has 1 atom stereocenters. The molecule has 0 bridgehead atoms. The van der Waals surface area contributed by atoms with E-state index in [0.29, 0.717) is 10.7 Å². The Bertz CT molecular complexity index is 837. The number of carbonyl (C=O) groups is 1. The number of hydrogen-bond acceptors (Lipinski definition) is 4. The number of carbonyl (C=O) groups excluding carboxylic acids is 1. The lowest BCUT2D eigenvalue weighted by Crippen LogP contribution is -2.27. The van der Waals surface area contributed by atoms with E-state index in [1.54, 1.807) is 24.3 Å². The molecular formula is C13H11ClFN3O3S. The number of nitrogens with one attached hydrogen (secondary N) is 1. The van der Waals surface area contributed by atoms with Gasteiger partial charge in [-0.3, -0.25) is 14.8 Å². The van der Waals surface area contributed by atoms with Crippen molar-refractivity contribution in [1.82, 2.24) is 10.2 Å². The second-order valence-electron chi connectivity index (χ2n) is 4.96. The molecule has 1 amide bonds. The number of rotatable bonds is 3. The Kier molecular flexibility index (Phi) is 3.65. The Morgan fingerprint density at radius 2 is 2.14 bits per heavy atom. The van der Waals surface area contributed by atoms with Crippen LogP contribution in [0.1, 0.15) is 6.42 Å². The quantitative estimate of drug-likeness (QED) is 0.865. The van der Waals surface area contributed by atoms with Gasteiger partial charge in [0.15, 0.2) is 5.82 Å². The highest BCUT2D eigenvalue weighted by Crippen LogP contribution is 2.28. The van der Waals surface area contributed by atoms with Crippen LogP contribution in [0, 0.1) is 0 Å². The summed E-state index contributed by atoms with van der Waals surface area (Å²) < 4.78 is 34.9. The molecule has 2 heterocycles. The normalized spacial score (nSPS) is 18.9. The average Bonchev–Trinajstić information content (AvgIpc) is 3.04. The number of hydrogen-bond donors (Lipinski definition) is 1. The van der Waals surface area contributed by atoms with E-state index in [0.717, 1.165) is 10.5 Å². The van der Waals surface area contributed by atoms with Gasteiger partial charge in [0.25, 0.3) is 0 Å². The van der Waals surface area contributed by atoms with E-state index < -0.39 is 21.4 Å². The molecule has 3 rings (SSSR count). The third-order valence-electron chi connectivity index (χ3n) is 3.46. The second kappa shape index (κ2) is 5.36. The van der Waals surface area contributed by atoms with E-state index >= 15 is 0 Å². The largest absolute Gasteiger partial charge is 0.307 e. The summed E-state index contributed by atoms with van der Waals surface area (Å²) in [7, 11) is -4.75. The number of anilines is 1. The van der Waals surface area contributed by atoms with Gasteiger partial charge in [-0.1, -0.05) is 23.7 Å². The van der Waals surface area contributed by atoms with E-state index in [1.165, 1.54) is 0 Å². The van der Waals surface area contributed by atoms with E-state index in [4.69, 9.17) is 11.6 Å². The Morgan fingerprint density at radius 1 is 1.36 bits per heavy atom. The first-order valence-corrected chi connectivity index (χ1v) is 8.22. The zero-order chi connectivity index (χ0) is 15.9. The molecule has 9 heteroatoms. The van der Waals surface area contributed by atoms with E-state index in [1.807, 2.05) is 6.07 Å². The maximum Gasteiger partial charge on any atom is 0.307 e. The first-order valence-electron chi connectivity index (χ1n) is 6.40. The minimum atomic E-state index is -4.75. The third-order valence-corrected chi connectivity index (χ3v) is 4.81. The molecule has 1 unspecified atom stereocenters. The molecule has 1 aromatic heterocycles. The van der Waals surface area contributed by atoms with Crippen LogP contribution in [-0.4, -0.2) is 36.3 Å². The number of benzene rings is 1. The summed E-state index contributed by atoms with van der Waals surface area (Å²) in [6, 6.07) is 8.62. The van der Waals surface area contributed by atoms with Crippen molar-refractivity contribution in [2.24, 2.45) is 0 Å². The van der Waals surface area contributed by atoms with Gasteiger partial charge in [0.1, 0.15) is 5.25 Å². The lowest BCUT2D eigenvalue weighted by atomic mass is 10.1. The second-order valence-corrected chi connectivity index (χ2v) is 7.01. The molecule has 1 saturated heterocycles. The van der Waals surface area contributed by atoms with Crippen molar-refractivity contribution in [2.75, 3.05) is 11.4 Å². The van der Waals surface area contributed by atoms with Gasteiger partial charge in [0.05, 0.1) is 5.69 Å². The Labute approximate surface area is 131 Å². The van der Waals surface area contributed by atoms with Gasteiger partial charge < -0.3 is 0 Å². The standard InChI is InChI=1S/C13H11ClFN3O3S/c14-9-3-1-2-8(4-9)11-6-12(17-16-11)18-7-10(5-13(18)19)22(15,20)21/h1-4,6,10H,5,7H2,(H,16,17). The van der Waals surface area contributed by atoms with Gasteiger partial charge in [-0.2, -0.15) is 13.5 Å². The van der Waals surface area contributed by atoms with Crippen molar-refractivity contribution in [3.63, 3.8) is 0 Å². The fourth-order valence-electron chi connectivity index (χ4n) is 2.34. The molecule has 0 saturated carbocycles.